The number of carbonyl (C=O) groups excluding carboxylic acids is 1. The quantitative estimate of drug-likeness (QED) is 0.930. The third-order valence-corrected chi connectivity index (χ3v) is 4.05. The fraction of sp³-hybridized carbons (Fsp3) is 0.333. The SMILES string of the molecule is CN(C)c1ccc(NC(=O)N2CCOC(c3ccc(F)cc3)C2)cn1. The standard InChI is InChI=1S/C18H21FN4O2/c1-22(2)17-8-7-15(11-20-17)21-18(24)23-9-10-25-16(12-23)13-3-5-14(19)6-4-13/h3-8,11,16H,9-10,12H2,1-2H3,(H,21,24). The van der Waals surface area contributed by atoms with Crippen LogP contribution in [-0.2, 0) is 4.74 Å². The van der Waals surface area contributed by atoms with Gasteiger partial charge in [0, 0.05) is 20.6 Å². The predicted octanol–water partition coefficient (Wildman–Crippen LogP) is 2.89. The lowest BCUT2D eigenvalue weighted by Gasteiger charge is -2.33. The molecule has 1 fully saturated rings. The first-order valence-electron chi connectivity index (χ1n) is 8.09. The largest absolute Gasteiger partial charge is 0.370 e. The first-order valence-corrected chi connectivity index (χ1v) is 8.09. The second-order valence-electron chi connectivity index (χ2n) is 6.09. The van der Waals surface area contributed by atoms with Crippen LogP contribution < -0.4 is 10.2 Å². The van der Waals surface area contributed by atoms with Crippen LogP contribution in [0.15, 0.2) is 42.6 Å². The van der Waals surface area contributed by atoms with Crippen LogP contribution in [0.3, 0.4) is 0 Å². The molecule has 6 nitrogen and oxygen atoms in total. The summed E-state index contributed by atoms with van der Waals surface area (Å²) >= 11 is 0. The molecule has 0 aliphatic carbocycles. The summed E-state index contributed by atoms with van der Waals surface area (Å²) in [4.78, 5) is 20.3. The summed E-state index contributed by atoms with van der Waals surface area (Å²) in [5.41, 5.74) is 1.50. The normalized spacial score (nSPS) is 17.2. The number of morpholine rings is 1. The molecular formula is C18H21FN4O2. The molecule has 132 valence electrons. The van der Waals surface area contributed by atoms with Crippen molar-refractivity contribution in [1.82, 2.24) is 9.88 Å². The zero-order valence-corrected chi connectivity index (χ0v) is 14.3. The number of halogens is 1. The van der Waals surface area contributed by atoms with Crippen molar-refractivity contribution in [1.29, 1.82) is 0 Å². The average molecular weight is 344 g/mol. The average Bonchev–Trinajstić information content (AvgIpc) is 2.63. The maximum Gasteiger partial charge on any atom is 0.322 e. The molecule has 3 rings (SSSR count). The molecule has 0 spiro atoms. The van der Waals surface area contributed by atoms with Crippen LogP contribution in [0.2, 0.25) is 0 Å². The molecule has 25 heavy (non-hydrogen) atoms. The van der Waals surface area contributed by atoms with E-state index in [1.165, 1.54) is 12.1 Å². The monoisotopic (exact) mass is 344 g/mol. The molecule has 2 heterocycles. The molecular weight excluding hydrogens is 323 g/mol. The van der Waals surface area contributed by atoms with Crippen LogP contribution in [0.1, 0.15) is 11.7 Å². The van der Waals surface area contributed by atoms with Crippen molar-refractivity contribution in [3.8, 4) is 0 Å². The lowest BCUT2D eigenvalue weighted by Crippen LogP contribution is -2.44. The Balaban J connectivity index is 1.62. The molecule has 1 aromatic heterocycles. The molecule has 2 aromatic rings. The van der Waals surface area contributed by atoms with E-state index in [9.17, 15) is 9.18 Å². The van der Waals surface area contributed by atoms with Crippen molar-refractivity contribution in [2.75, 3.05) is 44.0 Å². The van der Waals surface area contributed by atoms with Crippen molar-refractivity contribution in [3.05, 3.63) is 54.0 Å². The molecule has 1 unspecified atom stereocenters. The molecule has 0 radical (unpaired) electrons. The van der Waals surface area contributed by atoms with Gasteiger partial charge < -0.3 is 19.9 Å². The Morgan fingerprint density at radius 1 is 1.28 bits per heavy atom. The van der Waals surface area contributed by atoms with Gasteiger partial charge in [0.05, 0.1) is 25.0 Å². The van der Waals surface area contributed by atoms with Gasteiger partial charge in [-0.25, -0.2) is 14.2 Å². The van der Waals surface area contributed by atoms with Crippen LogP contribution in [-0.4, -0.2) is 49.7 Å². The van der Waals surface area contributed by atoms with E-state index in [1.807, 2.05) is 31.1 Å². The maximum atomic E-state index is 13.1. The van der Waals surface area contributed by atoms with Gasteiger partial charge in [0.15, 0.2) is 0 Å². The van der Waals surface area contributed by atoms with E-state index in [2.05, 4.69) is 10.3 Å². The van der Waals surface area contributed by atoms with E-state index in [0.29, 0.717) is 25.4 Å². The molecule has 7 heteroatoms. The van der Waals surface area contributed by atoms with Crippen molar-refractivity contribution in [2.45, 2.75) is 6.10 Å². The van der Waals surface area contributed by atoms with Crippen molar-refractivity contribution in [3.63, 3.8) is 0 Å². The van der Waals surface area contributed by atoms with Crippen LogP contribution >= 0.6 is 0 Å². The summed E-state index contributed by atoms with van der Waals surface area (Å²) in [6, 6.07) is 9.63. The minimum Gasteiger partial charge on any atom is -0.370 e. The number of aromatic nitrogens is 1. The Morgan fingerprint density at radius 2 is 2.04 bits per heavy atom. The zero-order chi connectivity index (χ0) is 17.8. The topological polar surface area (TPSA) is 57.7 Å². The van der Waals surface area contributed by atoms with Crippen LogP contribution in [0, 0.1) is 5.82 Å². The number of nitrogens with one attached hydrogen (secondary N) is 1. The summed E-state index contributed by atoms with van der Waals surface area (Å²) in [6.45, 7) is 1.36. The molecule has 1 aliphatic rings. The molecule has 1 aliphatic heterocycles. The number of ether oxygens (including phenoxy) is 1. The lowest BCUT2D eigenvalue weighted by molar-refractivity contribution is -0.0135. The maximum absolute atomic E-state index is 13.1. The first kappa shape index (κ1) is 17.2. The Hall–Kier alpha value is -2.67. The molecule has 0 saturated carbocycles. The highest BCUT2D eigenvalue weighted by molar-refractivity contribution is 5.89. The van der Waals surface area contributed by atoms with Gasteiger partial charge in [-0.1, -0.05) is 12.1 Å². The fourth-order valence-corrected chi connectivity index (χ4v) is 2.64. The van der Waals surface area contributed by atoms with Crippen molar-refractivity contribution < 1.29 is 13.9 Å². The molecule has 1 aromatic carbocycles. The Bertz CT molecular complexity index is 719. The van der Waals surface area contributed by atoms with E-state index in [0.717, 1.165) is 11.4 Å². The van der Waals surface area contributed by atoms with Crippen LogP contribution in [0.25, 0.3) is 0 Å². The van der Waals surface area contributed by atoms with E-state index in [4.69, 9.17) is 4.74 Å². The van der Waals surface area contributed by atoms with E-state index in [-0.39, 0.29) is 18.0 Å². The minimum atomic E-state index is -0.289. The second kappa shape index (κ2) is 7.48. The number of benzene rings is 1. The summed E-state index contributed by atoms with van der Waals surface area (Å²) in [6.07, 6.45) is 1.37. The molecule has 1 saturated heterocycles. The van der Waals surface area contributed by atoms with Gasteiger partial charge in [-0.05, 0) is 29.8 Å². The van der Waals surface area contributed by atoms with Gasteiger partial charge in [0.25, 0.3) is 0 Å². The molecule has 1 N–H and O–H groups in total. The Kier molecular flexibility index (Phi) is 5.14. The van der Waals surface area contributed by atoms with E-state index < -0.39 is 0 Å². The number of carbonyl (C=O) groups is 1. The minimum absolute atomic E-state index is 0.199. The highest BCUT2D eigenvalue weighted by Crippen LogP contribution is 2.23. The summed E-state index contributed by atoms with van der Waals surface area (Å²) in [5, 5.41) is 2.85. The van der Waals surface area contributed by atoms with Crippen LogP contribution in [0.5, 0.6) is 0 Å². The number of anilines is 2. The van der Waals surface area contributed by atoms with Gasteiger partial charge in [0.2, 0.25) is 0 Å². The smallest absolute Gasteiger partial charge is 0.322 e. The van der Waals surface area contributed by atoms with Gasteiger partial charge in [-0.2, -0.15) is 0 Å². The van der Waals surface area contributed by atoms with Crippen molar-refractivity contribution in [2.24, 2.45) is 0 Å². The highest BCUT2D eigenvalue weighted by atomic mass is 19.1. The molecule has 0 bridgehead atoms. The molecule has 1 atom stereocenters. The Morgan fingerprint density at radius 3 is 2.68 bits per heavy atom. The third-order valence-electron chi connectivity index (χ3n) is 4.05. The highest BCUT2D eigenvalue weighted by Gasteiger charge is 2.25. The summed E-state index contributed by atoms with van der Waals surface area (Å²) < 4.78 is 18.8. The lowest BCUT2D eigenvalue weighted by atomic mass is 10.1. The van der Waals surface area contributed by atoms with Gasteiger partial charge in [-0.3, -0.25) is 0 Å². The summed E-state index contributed by atoms with van der Waals surface area (Å²) in [5.74, 6) is 0.531. The Labute approximate surface area is 146 Å². The van der Waals surface area contributed by atoms with Crippen molar-refractivity contribution >= 4 is 17.5 Å². The number of hydrogen-bond donors (Lipinski definition) is 1. The van der Waals surface area contributed by atoms with Crippen LogP contribution in [0.4, 0.5) is 20.7 Å². The number of hydrogen-bond acceptors (Lipinski definition) is 4. The number of rotatable bonds is 3. The zero-order valence-electron chi connectivity index (χ0n) is 14.3. The number of pyridine rings is 1. The van der Waals surface area contributed by atoms with E-state index >= 15 is 0 Å². The number of amides is 2. The number of nitrogens with zero attached hydrogens (tertiary/aromatic N) is 3. The first-order chi connectivity index (χ1) is 12.0. The fourth-order valence-electron chi connectivity index (χ4n) is 2.64. The predicted molar refractivity (Wildman–Crippen MR) is 94.2 cm³/mol. The molecule has 2 amide bonds. The third kappa shape index (κ3) is 4.24. The van der Waals surface area contributed by atoms with Gasteiger partial charge in [0.1, 0.15) is 17.7 Å². The van der Waals surface area contributed by atoms with E-state index in [1.54, 1.807) is 23.2 Å². The number of urea groups is 1. The summed E-state index contributed by atoms with van der Waals surface area (Å²) in [7, 11) is 3.81. The second-order valence-corrected chi connectivity index (χ2v) is 6.09. The van der Waals surface area contributed by atoms with Gasteiger partial charge >= 0.3 is 6.03 Å². The van der Waals surface area contributed by atoms with Gasteiger partial charge in [-0.15, -0.1) is 0 Å².